The Balaban J connectivity index is 1.58. The molecule has 1 atom stereocenters. The Morgan fingerprint density at radius 3 is 2.50 bits per heavy atom. The Morgan fingerprint density at radius 1 is 1.17 bits per heavy atom. The van der Waals surface area contributed by atoms with Gasteiger partial charge in [0.05, 0.1) is 13.2 Å². The molecule has 134 valence electrons. The molecule has 1 fully saturated rings. The van der Waals surface area contributed by atoms with Crippen molar-refractivity contribution in [2.75, 3.05) is 20.3 Å². The minimum Gasteiger partial charge on any atom is -0.497 e. The molecule has 5 nitrogen and oxygen atoms in total. The van der Waals surface area contributed by atoms with Crippen molar-refractivity contribution in [3.63, 3.8) is 0 Å². The van der Waals surface area contributed by atoms with Gasteiger partial charge in [0.1, 0.15) is 11.5 Å². The minimum absolute atomic E-state index is 0.108. The molecule has 0 aliphatic heterocycles. The van der Waals surface area contributed by atoms with E-state index in [2.05, 4.69) is 5.32 Å². The molecule has 1 N–H and O–H groups in total. The van der Waals surface area contributed by atoms with E-state index in [1.807, 2.05) is 12.1 Å². The van der Waals surface area contributed by atoms with Crippen molar-refractivity contribution in [1.29, 1.82) is 0 Å². The van der Waals surface area contributed by atoms with E-state index in [4.69, 9.17) is 14.2 Å². The summed E-state index contributed by atoms with van der Waals surface area (Å²) in [7, 11) is 1.61. The van der Waals surface area contributed by atoms with Crippen molar-refractivity contribution in [3.05, 3.63) is 24.3 Å². The highest BCUT2D eigenvalue weighted by molar-refractivity contribution is 5.80. The summed E-state index contributed by atoms with van der Waals surface area (Å²) in [6, 6.07) is 7.20. The highest BCUT2D eigenvalue weighted by Crippen LogP contribution is 2.20. The van der Waals surface area contributed by atoms with Crippen LogP contribution < -0.4 is 14.8 Å². The van der Waals surface area contributed by atoms with Gasteiger partial charge in [0.2, 0.25) is 0 Å². The number of methoxy groups -OCH3 is 1. The van der Waals surface area contributed by atoms with Gasteiger partial charge in [0.25, 0.3) is 5.91 Å². The quantitative estimate of drug-likeness (QED) is 0.703. The number of hydrogen-bond donors (Lipinski definition) is 1. The number of nitrogens with one attached hydrogen (secondary N) is 1. The molecule has 1 saturated carbocycles. The van der Waals surface area contributed by atoms with Crippen molar-refractivity contribution in [1.82, 2.24) is 5.32 Å². The van der Waals surface area contributed by atoms with E-state index in [1.54, 1.807) is 26.2 Å². The number of rotatable bonds is 9. The average Bonchev–Trinajstić information content (AvgIpc) is 2.62. The zero-order valence-corrected chi connectivity index (χ0v) is 14.8. The van der Waals surface area contributed by atoms with Gasteiger partial charge in [-0.15, -0.1) is 0 Å². The predicted molar refractivity (Wildman–Crippen MR) is 93.5 cm³/mol. The molecule has 0 heterocycles. The van der Waals surface area contributed by atoms with Crippen LogP contribution in [0.15, 0.2) is 24.3 Å². The second-order valence-electron chi connectivity index (χ2n) is 6.21. The smallest absolute Gasteiger partial charge is 0.260 e. The maximum absolute atomic E-state index is 12.0. The van der Waals surface area contributed by atoms with E-state index < -0.39 is 6.10 Å². The Bertz CT molecular complexity index is 483. The van der Waals surface area contributed by atoms with Crippen LogP contribution in [0.25, 0.3) is 0 Å². The van der Waals surface area contributed by atoms with E-state index in [-0.39, 0.29) is 5.91 Å². The van der Waals surface area contributed by atoms with Gasteiger partial charge in [-0.3, -0.25) is 4.79 Å². The van der Waals surface area contributed by atoms with Gasteiger partial charge in [-0.2, -0.15) is 0 Å². The van der Waals surface area contributed by atoms with Crippen molar-refractivity contribution in [2.24, 2.45) is 0 Å². The van der Waals surface area contributed by atoms with Crippen LogP contribution in [0.2, 0.25) is 0 Å². The highest BCUT2D eigenvalue weighted by Gasteiger charge is 2.15. The molecule has 2 rings (SSSR count). The monoisotopic (exact) mass is 335 g/mol. The predicted octanol–water partition coefficient (Wildman–Crippen LogP) is 3.32. The summed E-state index contributed by atoms with van der Waals surface area (Å²) in [5.41, 5.74) is 0. The van der Waals surface area contributed by atoms with Crippen molar-refractivity contribution in [2.45, 2.75) is 57.7 Å². The SMILES string of the molecule is COc1ccc(OC(C)C(=O)NCCCOC2CCCCC2)cc1. The molecule has 1 unspecified atom stereocenters. The Kier molecular flexibility index (Phi) is 7.89. The summed E-state index contributed by atoms with van der Waals surface area (Å²) in [5, 5.41) is 2.89. The topological polar surface area (TPSA) is 56.8 Å². The normalized spacial score (nSPS) is 16.4. The van der Waals surface area contributed by atoms with Crippen LogP contribution >= 0.6 is 0 Å². The molecule has 1 aliphatic rings. The number of amides is 1. The largest absolute Gasteiger partial charge is 0.497 e. The lowest BCUT2D eigenvalue weighted by Crippen LogP contribution is -2.37. The van der Waals surface area contributed by atoms with E-state index in [0.717, 1.165) is 12.2 Å². The summed E-state index contributed by atoms with van der Waals surface area (Å²) < 4.78 is 16.6. The molecule has 1 aromatic rings. The number of carbonyl (C=O) groups excluding carboxylic acids is 1. The van der Waals surface area contributed by atoms with Crippen LogP contribution in [0.3, 0.4) is 0 Å². The molecule has 0 bridgehead atoms. The van der Waals surface area contributed by atoms with Crippen LogP contribution in [-0.4, -0.2) is 38.4 Å². The third kappa shape index (κ3) is 6.40. The van der Waals surface area contributed by atoms with E-state index in [0.29, 0.717) is 25.0 Å². The zero-order chi connectivity index (χ0) is 17.2. The van der Waals surface area contributed by atoms with Crippen LogP contribution in [0, 0.1) is 0 Å². The fourth-order valence-corrected chi connectivity index (χ4v) is 2.82. The Labute approximate surface area is 144 Å². The average molecular weight is 335 g/mol. The molecule has 0 saturated heterocycles. The van der Waals surface area contributed by atoms with E-state index in [1.165, 1.54) is 32.1 Å². The maximum atomic E-state index is 12.0. The number of benzene rings is 1. The Morgan fingerprint density at radius 2 is 1.83 bits per heavy atom. The first-order valence-corrected chi connectivity index (χ1v) is 8.89. The van der Waals surface area contributed by atoms with Crippen molar-refractivity contribution >= 4 is 5.91 Å². The summed E-state index contributed by atoms with van der Waals surface area (Å²) in [6.45, 7) is 3.07. The molecule has 5 heteroatoms. The molecule has 0 radical (unpaired) electrons. The molecule has 1 aliphatic carbocycles. The third-order valence-electron chi connectivity index (χ3n) is 4.27. The molecular weight excluding hydrogens is 306 g/mol. The van der Waals surface area contributed by atoms with Crippen LogP contribution in [0.1, 0.15) is 45.4 Å². The van der Waals surface area contributed by atoms with Gasteiger partial charge in [-0.05, 0) is 50.5 Å². The lowest BCUT2D eigenvalue weighted by Gasteiger charge is -2.22. The molecule has 0 aromatic heterocycles. The number of hydrogen-bond acceptors (Lipinski definition) is 4. The first-order valence-electron chi connectivity index (χ1n) is 8.89. The zero-order valence-electron chi connectivity index (χ0n) is 14.8. The minimum atomic E-state index is -0.530. The molecule has 1 aromatic carbocycles. The van der Waals surface area contributed by atoms with E-state index >= 15 is 0 Å². The number of ether oxygens (including phenoxy) is 3. The third-order valence-corrected chi connectivity index (χ3v) is 4.27. The summed E-state index contributed by atoms with van der Waals surface area (Å²) in [6.07, 6.45) is 6.98. The first-order chi connectivity index (χ1) is 11.7. The van der Waals surface area contributed by atoms with E-state index in [9.17, 15) is 4.79 Å². The summed E-state index contributed by atoms with van der Waals surface area (Å²) >= 11 is 0. The fraction of sp³-hybridized carbons (Fsp3) is 0.632. The second kappa shape index (κ2) is 10.2. The second-order valence-corrected chi connectivity index (χ2v) is 6.21. The lowest BCUT2D eigenvalue weighted by molar-refractivity contribution is -0.127. The Hall–Kier alpha value is -1.75. The van der Waals surface area contributed by atoms with Gasteiger partial charge in [-0.1, -0.05) is 19.3 Å². The van der Waals surface area contributed by atoms with Crippen molar-refractivity contribution in [3.8, 4) is 11.5 Å². The van der Waals surface area contributed by atoms with Gasteiger partial charge in [-0.25, -0.2) is 0 Å². The van der Waals surface area contributed by atoms with Crippen molar-refractivity contribution < 1.29 is 19.0 Å². The highest BCUT2D eigenvalue weighted by atomic mass is 16.5. The molecular formula is C19H29NO4. The molecule has 0 spiro atoms. The van der Waals surface area contributed by atoms with Crippen LogP contribution in [0.5, 0.6) is 11.5 Å². The maximum Gasteiger partial charge on any atom is 0.260 e. The molecule has 1 amide bonds. The fourth-order valence-electron chi connectivity index (χ4n) is 2.82. The van der Waals surface area contributed by atoms with Gasteiger partial charge in [0.15, 0.2) is 6.10 Å². The lowest BCUT2D eigenvalue weighted by atomic mass is 9.98. The van der Waals surface area contributed by atoms with Crippen LogP contribution in [0.4, 0.5) is 0 Å². The standard InChI is InChI=1S/C19H29NO4/c1-15(24-18-11-9-16(22-2)10-12-18)19(21)20-13-6-14-23-17-7-4-3-5-8-17/h9-12,15,17H,3-8,13-14H2,1-2H3,(H,20,21). The van der Waals surface area contributed by atoms with Crippen LogP contribution in [-0.2, 0) is 9.53 Å². The first kappa shape index (κ1) is 18.6. The van der Waals surface area contributed by atoms with Gasteiger partial charge >= 0.3 is 0 Å². The summed E-state index contributed by atoms with van der Waals surface area (Å²) in [5.74, 6) is 1.31. The van der Waals surface area contributed by atoms with Gasteiger partial charge in [0, 0.05) is 13.2 Å². The van der Waals surface area contributed by atoms with Gasteiger partial charge < -0.3 is 19.5 Å². The summed E-state index contributed by atoms with van der Waals surface area (Å²) in [4.78, 5) is 12.0. The molecule has 24 heavy (non-hydrogen) atoms. The number of carbonyl (C=O) groups is 1.